The summed E-state index contributed by atoms with van der Waals surface area (Å²) in [6.45, 7) is 5.18. The van der Waals surface area contributed by atoms with Crippen LogP contribution in [0.4, 0.5) is 25.1 Å². The zero-order valence-electron chi connectivity index (χ0n) is 14.7. The van der Waals surface area contributed by atoms with Gasteiger partial charge in [0.05, 0.1) is 16.8 Å². The van der Waals surface area contributed by atoms with E-state index in [2.05, 4.69) is 10.3 Å². The van der Waals surface area contributed by atoms with E-state index >= 15 is 0 Å². The lowest BCUT2D eigenvalue weighted by Gasteiger charge is -2.22. The second-order valence-corrected chi connectivity index (χ2v) is 7.67. The van der Waals surface area contributed by atoms with Crippen molar-refractivity contribution in [2.24, 2.45) is 0 Å². The number of amides is 2. The van der Waals surface area contributed by atoms with Gasteiger partial charge in [-0.15, -0.1) is 0 Å². The van der Waals surface area contributed by atoms with Crippen LogP contribution in [0, 0.1) is 0 Å². The molecule has 1 aromatic rings. The van der Waals surface area contributed by atoms with Crippen LogP contribution in [0.2, 0.25) is 0 Å². The molecular formula is C17H21F2N3O3. The van der Waals surface area contributed by atoms with Crippen LogP contribution in [0.1, 0.15) is 45.7 Å². The largest absolute Gasteiger partial charge is 0.444 e. The van der Waals surface area contributed by atoms with Crippen LogP contribution >= 0.6 is 0 Å². The van der Waals surface area contributed by atoms with Crippen LogP contribution in [0.15, 0.2) is 12.1 Å². The number of pyridine rings is 1. The third-order valence-electron chi connectivity index (χ3n) is 4.51. The van der Waals surface area contributed by atoms with Crippen LogP contribution in [0.3, 0.4) is 0 Å². The summed E-state index contributed by atoms with van der Waals surface area (Å²) < 4.78 is 32.9. The van der Waals surface area contributed by atoms with Gasteiger partial charge >= 0.3 is 6.09 Å². The van der Waals surface area contributed by atoms with Crippen molar-refractivity contribution in [2.45, 2.75) is 57.0 Å². The third kappa shape index (κ3) is 3.05. The molecular weight excluding hydrogens is 332 g/mol. The van der Waals surface area contributed by atoms with E-state index in [1.165, 1.54) is 11.0 Å². The molecule has 1 aliphatic heterocycles. The highest BCUT2D eigenvalue weighted by Crippen LogP contribution is 2.55. The maximum absolute atomic E-state index is 13.8. The third-order valence-corrected chi connectivity index (χ3v) is 4.51. The highest BCUT2D eigenvalue weighted by molar-refractivity contribution is 6.07. The number of aromatic nitrogens is 1. The first-order chi connectivity index (χ1) is 11.4. The summed E-state index contributed by atoms with van der Waals surface area (Å²) in [7, 11) is 1.55. The Morgan fingerprint density at radius 1 is 1.32 bits per heavy atom. The van der Waals surface area contributed by atoms with Gasteiger partial charge in [-0.2, -0.15) is 0 Å². The van der Waals surface area contributed by atoms with Crippen LogP contribution in [-0.4, -0.2) is 35.6 Å². The van der Waals surface area contributed by atoms with Crippen molar-refractivity contribution in [3.05, 3.63) is 17.8 Å². The Kier molecular flexibility index (Phi) is 3.78. The molecule has 8 heteroatoms. The smallest absolute Gasteiger partial charge is 0.413 e. The Hall–Kier alpha value is -2.25. The summed E-state index contributed by atoms with van der Waals surface area (Å²) in [5.74, 6) is -3.10. The van der Waals surface area contributed by atoms with Crippen molar-refractivity contribution >= 4 is 23.5 Å². The normalized spacial score (nSPS) is 24.6. The van der Waals surface area contributed by atoms with E-state index < -0.39 is 29.5 Å². The highest BCUT2D eigenvalue weighted by Gasteiger charge is 2.60. The number of fused-ring (bicyclic) bond motifs is 2. The zero-order valence-corrected chi connectivity index (χ0v) is 14.7. The van der Waals surface area contributed by atoms with E-state index in [0.29, 0.717) is 11.4 Å². The molecule has 1 saturated carbocycles. The van der Waals surface area contributed by atoms with E-state index in [1.807, 2.05) is 0 Å². The predicted molar refractivity (Wildman–Crippen MR) is 88.0 cm³/mol. The number of hydrogen-bond acceptors (Lipinski definition) is 4. The van der Waals surface area contributed by atoms with Crippen molar-refractivity contribution in [3.8, 4) is 0 Å². The van der Waals surface area contributed by atoms with Crippen molar-refractivity contribution in [1.82, 2.24) is 4.98 Å². The summed E-state index contributed by atoms with van der Waals surface area (Å²) >= 11 is 0. The van der Waals surface area contributed by atoms with E-state index in [9.17, 15) is 18.4 Å². The summed E-state index contributed by atoms with van der Waals surface area (Å²) in [4.78, 5) is 30.2. The van der Waals surface area contributed by atoms with E-state index in [-0.39, 0.29) is 24.6 Å². The Morgan fingerprint density at radius 2 is 2.00 bits per heavy atom. The monoisotopic (exact) mass is 353 g/mol. The number of hydrogen-bond donors (Lipinski definition) is 1. The molecule has 0 aromatic carbocycles. The average Bonchev–Trinajstić information content (AvgIpc) is 2.89. The molecule has 0 radical (unpaired) electrons. The minimum atomic E-state index is -2.89. The number of carbonyl (C=O) groups is 2. The maximum Gasteiger partial charge on any atom is 0.413 e. The number of rotatable bonds is 1. The van der Waals surface area contributed by atoms with Gasteiger partial charge in [-0.25, -0.2) is 18.6 Å². The van der Waals surface area contributed by atoms with Gasteiger partial charge in [0.1, 0.15) is 11.4 Å². The SMILES string of the molecule is CN1C(=O)C2(CCC(F)(F)C2)c2nc(NC(=O)OC(C)(C)C)ccc21. The number of ether oxygens (including phenoxy) is 1. The van der Waals surface area contributed by atoms with Gasteiger partial charge in [-0.3, -0.25) is 10.1 Å². The molecule has 1 spiro atoms. The van der Waals surface area contributed by atoms with Crippen molar-refractivity contribution in [3.63, 3.8) is 0 Å². The van der Waals surface area contributed by atoms with E-state index in [1.54, 1.807) is 33.9 Å². The molecule has 1 atom stereocenters. The van der Waals surface area contributed by atoms with Crippen molar-refractivity contribution < 1.29 is 23.1 Å². The molecule has 3 rings (SSSR count). The number of carbonyl (C=O) groups excluding carboxylic acids is 2. The standard InChI is InChI=1S/C17H21F2N3O3/c1-15(2,3)25-14(24)21-11-6-5-10-12(20-11)16(13(23)22(10)4)7-8-17(18,19)9-16/h5-6H,7-9H2,1-4H3,(H,20,21,24). The Labute approximate surface area is 144 Å². The molecule has 1 aromatic heterocycles. The van der Waals surface area contributed by atoms with Gasteiger partial charge in [-0.1, -0.05) is 0 Å². The van der Waals surface area contributed by atoms with Crippen molar-refractivity contribution in [1.29, 1.82) is 0 Å². The number of halogens is 2. The number of anilines is 2. The lowest BCUT2D eigenvalue weighted by atomic mass is 9.83. The number of alkyl halides is 2. The summed E-state index contributed by atoms with van der Waals surface area (Å²) in [6.07, 6.45) is -1.56. The van der Waals surface area contributed by atoms with Gasteiger partial charge in [0, 0.05) is 19.9 Å². The average molecular weight is 353 g/mol. The Balaban J connectivity index is 1.93. The Bertz CT molecular complexity index is 745. The van der Waals surface area contributed by atoms with Crippen LogP contribution in [-0.2, 0) is 14.9 Å². The summed E-state index contributed by atoms with van der Waals surface area (Å²) in [5, 5.41) is 2.50. The summed E-state index contributed by atoms with van der Waals surface area (Å²) in [5.41, 5.74) is -1.20. The van der Waals surface area contributed by atoms with Gasteiger partial charge in [0.2, 0.25) is 11.8 Å². The fraction of sp³-hybridized carbons (Fsp3) is 0.588. The van der Waals surface area contributed by atoms with Gasteiger partial charge < -0.3 is 9.64 Å². The molecule has 136 valence electrons. The molecule has 1 aliphatic carbocycles. The highest BCUT2D eigenvalue weighted by atomic mass is 19.3. The second-order valence-electron chi connectivity index (χ2n) is 7.67. The predicted octanol–water partition coefficient (Wildman–Crippen LogP) is 3.46. The van der Waals surface area contributed by atoms with Crippen molar-refractivity contribution in [2.75, 3.05) is 17.3 Å². The lowest BCUT2D eigenvalue weighted by molar-refractivity contribution is -0.123. The number of likely N-dealkylation sites (N-methyl/N-ethyl adjacent to an activating group) is 1. The van der Waals surface area contributed by atoms with Crippen LogP contribution < -0.4 is 10.2 Å². The molecule has 0 bridgehead atoms. The van der Waals surface area contributed by atoms with Gasteiger partial charge in [0.15, 0.2) is 0 Å². The first-order valence-electron chi connectivity index (χ1n) is 8.11. The molecule has 2 aliphatic rings. The molecule has 0 saturated heterocycles. The zero-order chi connectivity index (χ0) is 18.6. The topological polar surface area (TPSA) is 71.5 Å². The second kappa shape index (κ2) is 5.37. The first-order valence-corrected chi connectivity index (χ1v) is 8.11. The van der Waals surface area contributed by atoms with Gasteiger partial charge in [-0.05, 0) is 39.3 Å². The summed E-state index contributed by atoms with van der Waals surface area (Å²) in [6, 6.07) is 3.14. The molecule has 2 heterocycles. The molecule has 1 unspecified atom stereocenters. The minimum Gasteiger partial charge on any atom is -0.444 e. The fourth-order valence-corrected chi connectivity index (χ4v) is 3.48. The quantitative estimate of drug-likeness (QED) is 0.839. The molecule has 25 heavy (non-hydrogen) atoms. The Morgan fingerprint density at radius 3 is 2.56 bits per heavy atom. The number of nitrogens with zero attached hydrogens (tertiary/aromatic N) is 2. The van der Waals surface area contributed by atoms with Crippen LogP contribution in [0.5, 0.6) is 0 Å². The maximum atomic E-state index is 13.8. The van der Waals surface area contributed by atoms with E-state index in [4.69, 9.17) is 4.74 Å². The van der Waals surface area contributed by atoms with E-state index in [0.717, 1.165) is 0 Å². The van der Waals surface area contributed by atoms with Crippen LogP contribution in [0.25, 0.3) is 0 Å². The first kappa shape index (κ1) is 17.6. The lowest BCUT2D eigenvalue weighted by Crippen LogP contribution is -2.38. The molecule has 1 N–H and O–H groups in total. The molecule has 1 fully saturated rings. The van der Waals surface area contributed by atoms with Gasteiger partial charge in [0.25, 0.3) is 0 Å². The molecule has 2 amide bonds. The minimum absolute atomic E-state index is 0.0407. The fourth-order valence-electron chi connectivity index (χ4n) is 3.48. The number of nitrogens with one attached hydrogen (secondary N) is 1. The molecule has 6 nitrogen and oxygen atoms in total.